The third-order valence-electron chi connectivity index (χ3n) is 6.99. The highest BCUT2D eigenvalue weighted by Crippen LogP contribution is 2.34. The van der Waals surface area contributed by atoms with Crippen LogP contribution in [0.4, 0.5) is 0 Å². The smallest absolute Gasteiger partial charge is 0.269 e. The number of nitrogens with zero attached hydrogens (tertiary/aromatic N) is 1. The summed E-state index contributed by atoms with van der Waals surface area (Å²) in [6.07, 6.45) is 0. The standard InChI is InChI=1S/C33H27N3O3/c1-39-25-18-16-23(17-19-25)21-36-31(32(37)34-20-22-10-4-2-5-11-22)29-26-14-8-9-15-27(26)35-30(29)28(33(36)38)24-12-6-3-7-13-24/h2-19,35H,20-21H2,1H3,(H,34,37). The third kappa shape index (κ3) is 4.57. The minimum atomic E-state index is -0.307. The zero-order chi connectivity index (χ0) is 26.8. The molecule has 0 atom stereocenters. The summed E-state index contributed by atoms with van der Waals surface area (Å²) >= 11 is 0. The molecule has 0 unspecified atom stereocenters. The molecule has 2 aromatic heterocycles. The van der Waals surface area contributed by atoms with Gasteiger partial charge in [0.25, 0.3) is 11.5 Å². The molecule has 6 heteroatoms. The number of rotatable bonds is 7. The van der Waals surface area contributed by atoms with Crippen molar-refractivity contribution in [3.63, 3.8) is 0 Å². The molecule has 6 aromatic rings. The summed E-state index contributed by atoms with van der Waals surface area (Å²) in [6.45, 7) is 0.576. The van der Waals surface area contributed by atoms with E-state index < -0.39 is 0 Å². The van der Waals surface area contributed by atoms with Gasteiger partial charge in [0.1, 0.15) is 11.4 Å². The minimum absolute atomic E-state index is 0.228. The second-order valence-electron chi connectivity index (χ2n) is 9.42. The number of H-pyrrole nitrogens is 1. The molecule has 0 aliphatic carbocycles. The Labute approximate surface area is 225 Å². The van der Waals surface area contributed by atoms with Gasteiger partial charge in [0, 0.05) is 22.8 Å². The predicted molar refractivity (Wildman–Crippen MR) is 155 cm³/mol. The second kappa shape index (κ2) is 10.3. The van der Waals surface area contributed by atoms with E-state index in [1.165, 1.54) is 0 Å². The second-order valence-corrected chi connectivity index (χ2v) is 9.42. The van der Waals surface area contributed by atoms with Crippen LogP contribution in [0.3, 0.4) is 0 Å². The molecule has 39 heavy (non-hydrogen) atoms. The normalized spacial score (nSPS) is 11.1. The van der Waals surface area contributed by atoms with E-state index >= 15 is 0 Å². The number of aromatic amines is 1. The van der Waals surface area contributed by atoms with Crippen molar-refractivity contribution in [2.75, 3.05) is 7.11 Å². The zero-order valence-electron chi connectivity index (χ0n) is 21.5. The zero-order valence-corrected chi connectivity index (χ0v) is 21.5. The molecule has 0 saturated heterocycles. The van der Waals surface area contributed by atoms with Crippen LogP contribution in [0.1, 0.15) is 21.6 Å². The SMILES string of the molecule is COc1ccc(Cn2c(C(=O)NCc3ccccc3)c3c([nH]c4ccccc43)c(-c3ccccc3)c2=O)cc1. The molecule has 0 aliphatic rings. The number of methoxy groups -OCH3 is 1. The Kier molecular flexibility index (Phi) is 6.43. The fourth-order valence-electron chi connectivity index (χ4n) is 5.09. The molecule has 6 rings (SSSR count). The summed E-state index contributed by atoms with van der Waals surface area (Å²) in [5.41, 5.74) is 4.80. The lowest BCUT2D eigenvalue weighted by Gasteiger charge is -2.18. The minimum Gasteiger partial charge on any atom is -0.497 e. The number of hydrogen-bond donors (Lipinski definition) is 2. The van der Waals surface area contributed by atoms with Gasteiger partial charge in [0.05, 0.1) is 24.7 Å². The van der Waals surface area contributed by atoms with Crippen LogP contribution in [0.15, 0.2) is 114 Å². The van der Waals surface area contributed by atoms with Gasteiger partial charge in [-0.2, -0.15) is 0 Å². The van der Waals surface area contributed by atoms with Crippen LogP contribution in [-0.4, -0.2) is 22.6 Å². The molecule has 2 N–H and O–H groups in total. The first kappa shape index (κ1) is 24.2. The van der Waals surface area contributed by atoms with Crippen LogP contribution in [-0.2, 0) is 13.1 Å². The van der Waals surface area contributed by atoms with Crippen molar-refractivity contribution >= 4 is 27.7 Å². The summed E-state index contributed by atoms with van der Waals surface area (Å²) in [6, 6.07) is 34.7. The number of hydrogen-bond acceptors (Lipinski definition) is 3. The lowest BCUT2D eigenvalue weighted by atomic mass is 10.0. The highest BCUT2D eigenvalue weighted by Gasteiger charge is 2.25. The van der Waals surface area contributed by atoms with Crippen LogP contribution in [0.5, 0.6) is 5.75 Å². The quantitative estimate of drug-likeness (QED) is 0.269. The molecule has 0 fully saturated rings. The topological polar surface area (TPSA) is 76.1 Å². The molecule has 0 bridgehead atoms. The first-order valence-corrected chi connectivity index (χ1v) is 12.8. The van der Waals surface area contributed by atoms with Crippen LogP contribution in [0, 0.1) is 0 Å². The molecule has 192 valence electrons. The lowest BCUT2D eigenvalue weighted by Crippen LogP contribution is -2.33. The van der Waals surface area contributed by atoms with E-state index in [0.29, 0.717) is 23.3 Å². The van der Waals surface area contributed by atoms with Gasteiger partial charge in [0.2, 0.25) is 0 Å². The fraction of sp³-hybridized carbons (Fsp3) is 0.0909. The van der Waals surface area contributed by atoms with Gasteiger partial charge in [-0.3, -0.25) is 14.2 Å². The number of nitrogens with one attached hydrogen (secondary N) is 2. The summed E-state index contributed by atoms with van der Waals surface area (Å²) in [5, 5.41) is 4.67. The summed E-state index contributed by atoms with van der Waals surface area (Å²) in [4.78, 5) is 31.8. The largest absolute Gasteiger partial charge is 0.497 e. The Morgan fingerprint density at radius 3 is 2.21 bits per heavy atom. The van der Waals surface area contributed by atoms with Crippen LogP contribution < -0.4 is 15.6 Å². The van der Waals surface area contributed by atoms with Crippen molar-refractivity contribution in [2.24, 2.45) is 0 Å². The molecule has 2 heterocycles. The van der Waals surface area contributed by atoms with E-state index in [0.717, 1.165) is 38.7 Å². The Balaban J connectivity index is 1.61. The average molecular weight is 514 g/mol. The number of para-hydroxylation sites is 1. The van der Waals surface area contributed by atoms with Gasteiger partial charge in [-0.15, -0.1) is 0 Å². The monoisotopic (exact) mass is 513 g/mol. The van der Waals surface area contributed by atoms with Gasteiger partial charge < -0.3 is 15.0 Å². The number of fused-ring (bicyclic) bond motifs is 3. The van der Waals surface area contributed by atoms with Gasteiger partial charge in [-0.1, -0.05) is 91.0 Å². The van der Waals surface area contributed by atoms with Crippen LogP contribution >= 0.6 is 0 Å². The van der Waals surface area contributed by atoms with E-state index in [2.05, 4.69) is 10.3 Å². The lowest BCUT2D eigenvalue weighted by molar-refractivity contribution is 0.0943. The highest BCUT2D eigenvalue weighted by atomic mass is 16.5. The molecule has 4 aromatic carbocycles. The number of benzene rings is 4. The van der Waals surface area contributed by atoms with Crippen LogP contribution in [0.2, 0.25) is 0 Å². The fourth-order valence-corrected chi connectivity index (χ4v) is 5.09. The summed E-state index contributed by atoms with van der Waals surface area (Å²) in [7, 11) is 1.62. The molecule has 6 nitrogen and oxygen atoms in total. The van der Waals surface area contributed by atoms with Crippen molar-refractivity contribution in [3.05, 3.63) is 136 Å². The first-order chi connectivity index (χ1) is 19.1. The van der Waals surface area contributed by atoms with E-state index in [9.17, 15) is 9.59 Å². The summed E-state index contributed by atoms with van der Waals surface area (Å²) in [5.74, 6) is 0.419. The maximum absolute atomic E-state index is 14.3. The van der Waals surface area contributed by atoms with Crippen LogP contribution in [0.25, 0.3) is 32.9 Å². The average Bonchev–Trinajstić information content (AvgIpc) is 3.36. The van der Waals surface area contributed by atoms with Gasteiger partial charge in [-0.05, 0) is 34.9 Å². The van der Waals surface area contributed by atoms with Gasteiger partial charge in [0.15, 0.2) is 0 Å². The first-order valence-electron chi connectivity index (χ1n) is 12.8. The van der Waals surface area contributed by atoms with Crippen molar-refractivity contribution in [2.45, 2.75) is 13.1 Å². The molecular weight excluding hydrogens is 486 g/mol. The molecule has 0 spiro atoms. The van der Waals surface area contributed by atoms with E-state index in [1.54, 1.807) is 11.7 Å². The highest BCUT2D eigenvalue weighted by molar-refractivity contribution is 6.19. The molecule has 0 saturated carbocycles. The van der Waals surface area contributed by atoms with Crippen molar-refractivity contribution in [1.82, 2.24) is 14.9 Å². The maximum Gasteiger partial charge on any atom is 0.269 e. The Morgan fingerprint density at radius 2 is 1.49 bits per heavy atom. The van der Waals surface area contributed by atoms with Gasteiger partial charge in [-0.25, -0.2) is 0 Å². The number of carbonyl (C=O) groups is 1. The van der Waals surface area contributed by atoms with Crippen molar-refractivity contribution in [3.8, 4) is 16.9 Å². The molecule has 0 aliphatic heterocycles. The Morgan fingerprint density at radius 1 is 0.821 bits per heavy atom. The van der Waals surface area contributed by atoms with Crippen molar-refractivity contribution in [1.29, 1.82) is 0 Å². The maximum atomic E-state index is 14.3. The van der Waals surface area contributed by atoms with E-state index in [-0.39, 0.29) is 18.0 Å². The van der Waals surface area contributed by atoms with Crippen molar-refractivity contribution < 1.29 is 9.53 Å². The van der Waals surface area contributed by atoms with E-state index in [4.69, 9.17) is 4.74 Å². The third-order valence-corrected chi connectivity index (χ3v) is 6.99. The van der Waals surface area contributed by atoms with E-state index in [1.807, 2.05) is 109 Å². The number of carbonyl (C=O) groups excluding carboxylic acids is 1. The van der Waals surface area contributed by atoms with Gasteiger partial charge >= 0.3 is 0 Å². The number of aromatic nitrogens is 2. The summed E-state index contributed by atoms with van der Waals surface area (Å²) < 4.78 is 6.92. The predicted octanol–water partition coefficient (Wildman–Crippen LogP) is 6.14. The molecular formula is C33H27N3O3. The Bertz CT molecular complexity index is 1840. The molecule has 1 amide bonds. The Hall–Kier alpha value is -5.10. The molecule has 0 radical (unpaired) electrons. The number of pyridine rings is 1. The number of ether oxygens (including phenoxy) is 1. The number of amides is 1.